The van der Waals surface area contributed by atoms with Crippen LogP contribution >= 0.6 is 0 Å². The summed E-state index contributed by atoms with van der Waals surface area (Å²) in [5.41, 5.74) is 0.132. The van der Waals surface area contributed by atoms with Crippen molar-refractivity contribution in [3.63, 3.8) is 0 Å². The monoisotopic (exact) mass is 224 g/mol. The average Bonchev–Trinajstić information content (AvgIpc) is 2.26. The third-order valence-electron chi connectivity index (χ3n) is 1.58. The van der Waals surface area contributed by atoms with Crippen molar-refractivity contribution in [2.45, 2.75) is 13.2 Å². The highest BCUT2D eigenvalue weighted by Gasteiger charge is 2.09. The van der Waals surface area contributed by atoms with E-state index in [-0.39, 0.29) is 12.2 Å². The Labute approximate surface area is 91.9 Å². The van der Waals surface area contributed by atoms with E-state index in [2.05, 4.69) is 20.6 Å². The zero-order valence-corrected chi connectivity index (χ0v) is 8.67. The number of aliphatic hydroxyl groups is 1. The standard InChI is InChI=1S/C9H12N4O3/c1-6(14)13-8(15)5-12-9(16)7-4-10-2-3-11-7/h2-4,6,14H,5H2,1H3,(H,12,16)(H,13,15). The highest BCUT2D eigenvalue weighted by molar-refractivity contribution is 5.94. The molecule has 1 rings (SSSR count). The maximum Gasteiger partial charge on any atom is 0.271 e. The zero-order valence-electron chi connectivity index (χ0n) is 8.67. The van der Waals surface area contributed by atoms with E-state index < -0.39 is 18.0 Å². The molecule has 7 heteroatoms. The molecule has 16 heavy (non-hydrogen) atoms. The zero-order chi connectivity index (χ0) is 12.0. The molecule has 1 aromatic heterocycles. The minimum absolute atomic E-state index is 0.132. The van der Waals surface area contributed by atoms with Crippen molar-refractivity contribution in [3.8, 4) is 0 Å². The first-order valence-corrected chi connectivity index (χ1v) is 4.61. The molecule has 0 fully saturated rings. The van der Waals surface area contributed by atoms with Crippen molar-refractivity contribution in [1.82, 2.24) is 20.6 Å². The molecule has 1 aromatic rings. The summed E-state index contributed by atoms with van der Waals surface area (Å²) >= 11 is 0. The average molecular weight is 224 g/mol. The fraction of sp³-hybridized carbons (Fsp3) is 0.333. The van der Waals surface area contributed by atoms with Crippen molar-refractivity contribution >= 4 is 11.8 Å². The fourth-order valence-electron chi connectivity index (χ4n) is 0.951. The van der Waals surface area contributed by atoms with Gasteiger partial charge >= 0.3 is 0 Å². The molecule has 0 bridgehead atoms. The number of carbonyl (C=O) groups excluding carboxylic acids is 2. The predicted octanol–water partition coefficient (Wildman–Crippen LogP) is -1.34. The van der Waals surface area contributed by atoms with E-state index in [4.69, 9.17) is 5.11 Å². The van der Waals surface area contributed by atoms with Crippen LogP contribution < -0.4 is 10.6 Å². The Hall–Kier alpha value is -2.02. The number of carbonyl (C=O) groups is 2. The Kier molecular flexibility index (Phi) is 4.34. The number of aliphatic hydroxyl groups excluding tert-OH is 1. The predicted molar refractivity (Wildman–Crippen MR) is 54.2 cm³/mol. The smallest absolute Gasteiger partial charge is 0.271 e. The van der Waals surface area contributed by atoms with Gasteiger partial charge in [-0.1, -0.05) is 0 Å². The Balaban J connectivity index is 2.39. The molecule has 0 aromatic carbocycles. The van der Waals surface area contributed by atoms with Gasteiger partial charge in [0.2, 0.25) is 5.91 Å². The summed E-state index contributed by atoms with van der Waals surface area (Å²) in [6, 6.07) is 0. The summed E-state index contributed by atoms with van der Waals surface area (Å²) in [5.74, 6) is -0.971. The summed E-state index contributed by atoms with van der Waals surface area (Å²) in [4.78, 5) is 29.9. The minimum atomic E-state index is -0.944. The van der Waals surface area contributed by atoms with Gasteiger partial charge in [0, 0.05) is 12.4 Å². The lowest BCUT2D eigenvalue weighted by molar-refractivity contribution is -0.122. The maximum atomic E-state index is 11.4. The molecule has 86 valence electrons. The van der Waals surface area contributed by atoms with Crippen LogP contribution in [0.5, 0.6) is 0 Å². The fourth-order valence-corrected chi connectivity index (χ4v) is 0.951. The van der Waals surface area contributed by atoms with E-state index in [1.54, 1.807) is 0 Å². The van der Waals surface area contributed by atoms with Crippen LogP contribution in [-0.2, 0) is 4.79 Å². The molecule has 1 unspecified atom stereocenters. The second kappa shape index (κ2) is 5.76. The molecule has 1 heterocycles. The van der Waals surface area contributed by atoms with E-state index in [0.717, 1.165) is 0 Å². The molecule has 0 saturated carbocycles. The molecule has 0 aliphatic rings. The molecule has 0 spiro atoms. The number of rotatable bonds is 4. The number of amides is 2. The van der Waals surface area contributed by atoms with Gasteiger partial charge in [0.15, 0.2) is 0 Å². The van der Waals surface area contributed by atoms with Gasteiger partial charge in [-0.2, -0.15) is 0 Å². The summed E-state index contributed by atoms with van der Waals surface area (Å²) < 4.78 is 0. The van der Waals surface area contributed by atoms with Crippen molar-refractivity contribution in [1.29, 1.82) is 0 Å². The van der Waals surface area contributed by atoms with Gasteiger partial charge in [-0.15, -0.1) is 0 Å². The molecule has 0 saturated heterocycles. The van der Waals surface area contributed by atoms with Crippen molar-refractivity contribution in [3.05, 3.63) is 24.3 Å². The van der Waals surface area contributed by atoms with Crippen LogP contribution in [0.15, 0.2) is 18.6 Å². The third kappa shape index (κ3) is 4.01. The van der Waals surface area contributed by atoms with E-state index in [9.17, 15) is 9.59 Å². The minimum Gasteiger partial charge on any atom is -0.374 e. The lowest BCUT2D eigenvalue weighted by Gasteiger charge is -2.07. The Morgan fingerprint density at radius 3 is 2.81 bits per heavy atom. The highest BCUT2D eigenvalue weighted by atomic mass is 16.3. The summed E-state index contributed by atoms with van der Waals surface area (Å²) in [5, 5.41) is 13.4. The van der Waals surface area contributed by atoms with Gasteiger partial charge in [0.1, 0.15) is 11.9 Å². The number of nitrogens with zero attached hydrogens (tertiary/aromatic N) is 2. The van der Waals surface area contributed by atoms with Crippen LogP contribution in [0.1, 0.15) is 17.4 Å². The number of hydrogen-bond acceptors (Lipinski definition) is 5. The Morgan fingerprint density at radius 1 is 1.50 bits per heavy atom. The van der Waals surface area contributed by atoms with Gasteiger partial charge in [-0.25, -0.2) is 4.98 Å². The van der Waals surface area contributed by atoms with Crippen LogP contribution in [0.2, 0.25) is 0 Å². The SMILES string of the molecule is CC(O)NC(=O)CNC(=O)c1cnccn1. The highest BCUT2D eigenvalue weighted by Crippen LogP contribution is 1.88. The second-order valence-corrected chi connectivity index (χ2v) is 3.02. The molecule has 0 radical (unpaired) electrons. The van der Waals surface area contributed by atoms with Crippen LogP contribution in [0.4, 0.5) is 0 Å². The summed E-state index contributed by atoms with van der Waals surface area (Å²) in [6.45, 7) is 1.18. The summed E-state index contributed by atoms with van der Waals surface area (Å²) in [7, 11) is 0. The van der Waals surface area contributed by atoms with Gasteiger partial charge in [-0.05, 0) is 6.92 Å². The van der Waals surface area contributed by atoms with Crippen LogP contribution in [0.3, 0.4) is 0 Å². The van der Waals surface area contributed by atoms with Crippen LogP contribution in [0, 0.1) is 0 Å². The number of hydrogen-bond donors (Lipinski definition) is 3. The van der Waals surface area contributed by atoms with Crippen LogP contribution in [-0.4, -0.2) is 39.7 Å². The van der Waals surface area contributed by atoms with E-state index >= 15 is 0 Å². The molecular formula is C9H12N4O3. The molecule has 1 atom stereocenters. The van der Waals surface area contributed by atoms with Crippen molar-refractivity contribution in [2.75, 3.05) is 6.54 Å². The molecule has 0 aliphatic carbocycles. The Morgan fingerprint density at radius 2 is 2.25 bits per heavy atom. The topological polar surface area (TPSA) is 104 Å². The molecule has 0 aliphatic heterocycles. The molecule has 7 nitrogen and oxygen atoms in total. The van der Waals surface area contributed by atoms with Crippen molar-refractivity contribution in [2.24, 2.45) is 0 Å². The molecule has 3 N–H and O–H groups in total. The van der Waals surface area contributed by atoms with E-state index in [0.29, 0.717) is 0 Å². The van der Waals surface area contributed by atoms with Gasteiger partial charge < -0.3 is 15.7 Å². The largest absolute Gasteiger partial charge is 0.374 e. The summed E-state index contributed by atoms with van der Waals surface area (Å²) in [6.07, 6.45) is 3.17. The molecule has 2 amide bonds. The maximum absolute atomic E-state index is 11.4. The Bertz CT molecular complexity index is 366. The van der Waals surface area contributed by atoms with Gasteiger partial charge in [0.25, 0.3) is 5.91 Å². The lowest BCUT2D eigenvalue weighted by Crippen LogP contribution is -2.40. The second-order valence-electron chi connectivity index (χ2n) is 3.02. The number of nitrogens with one attached hydrogen (secondary N) is 2. The number of aromatic nitrogens is 2. The van der Waals surface area contributed by atoms with Crippen LogP contribution in [0.25, 0.3) is 0 Å². The lowest BCUT2D eigenvalue weighted by atomic mass is 10.4. The first kappa shape index (κ1) is 12.1. The van der Waals surface area contributed by atoms with Crippen molar-refractivity contribution < 1.29 is 14.7 Å². The quantitative estimate of drug-likeness (QED) is 0.549. The normalized spacial score (nSPS) is 11.6. The first-order chi connectivity index (χ1) is 7.59. The van der Waals surface area contributed by atoms with Gasteiger partial charge in [-0.3, -0.25) is 14.6 Å². The van der Waals surface area contributed by atoms with E-state index in [1.165, 1.54) is 25.5 Å². The third-order valence-corrected chi connectivity index (χ3v) is 1.58. The van der Waals surface area contributed by atoms with Gasteiger partial charge in [0.05, 0.1) is 12.7 Å². The van der Waals surface area contributed by atoms with E-state index in [1.807, 2.05) is 0 Å². The first-order valence-electron chi connectivity index (χ1n) is 4.61. The molecular weight excluding hydrogens is 212 g/mol.